The zero-order chi connectivity index (χ0) is 20.2. The van der Waals surface area contributed by atoms with Gasteiger partial charge < -0.3 is 15.6 Å². The third-order valence-corrected chi connectivity index (χ3v) is 3.75. The molecule has 2 heterocycles. The molecule has 2 aromatic rings. The molecule has 0 aromatic carbocycles. The fraction of sp³-hybridized carbons (Fsp3) is 0.444. The average Bonchev–Trinajstić information content (AvgIpc) is 2.59. The summed E-state index contributed by atoms with van der Waals surface area (Å²) in [5, 5.41) is 9.00. The largest absolute Gasteiger partial charge is 0.474 e. The van der Waals surface area contributed by atoms with Gasteiger partial charge in [-0.05, 0) is 31.4 Å². The zero-order valence-electron chi connectivity index (χ0n) is 15.8. The number of nitrogens with zero attached hydrogens (tertiary/aromatic N) is 4. The standard InChI is InChI=1S/C18H24FN5O3/c1-11(2)8-18(3,20)10-27-15-13(19)7-12(9-22-15)14-5-6-21-16(23-14)24(4)17(25)26/h5-7,9,11H,8,10,20H2,1-4H3,(H,25,26). The second-order valence-electron chi connectivity index (χ2n) is 7.14. The van der Waals surface area contributed by atoms with Crippen LogP contribution < -0.4 is 15.4 Å². The van der Waals surface area contributed by atoms with Gasteiger partial charge in [0.25, 0.3) is 0 Å². The van der Waals surface area contributed by atoms with Crippen molar-refractivity contribution in [1.29, 1.82) is 0 Å². The molecule has 0 fully saturated rings. The highest BCUT2D eigenvalue weighted by molar-refractivity contribution is 5.83. The van der Waals surface area contributed by atoms with Gasteiger partial charge in [-0.3, -0.25) is 0 Å². The van der Waals surface area contributed by atoms with Crippen LogP contribution in [0, 0.1) is 11.7 Å². The van der Waals surface area contributed by atoms with Gasteiger partial charge in [-0.25, -0.2) is 29.0 Å². The van der Waals surface area contributed by atoms with Gasteiger partial charge >= 0.3 is 6.09 Å². The predicted molar refractivity (Wildman–Crippen MR) is 99.2 cm³/mol. The summed E-state index contributed by atoms with van der Waals surface area (Å²) in [6.07, 6.45) is 2.33. The lowest BCUT2D eigenvalue weighted by atomic mass is 9.93. The van der Waals surface area contributed by atoms with Gasteiger partial charge in [0.15, 0.2) is 5.82 Å². The van der Waals surface area contributed by atoms with Gasteiger partial charge in [0.2, 0.25) is 11.8 Å². The lowest BCUT2D eigenvalue weighted by molar-refractivity contribution is 0.193. The summed E-state index contributed by atoms with van der Waals surface area (Å²) < 4.78 is 19.8. The maximum absolute atomic E-state index is 14.4. The highest BCUT2D eigenvalue weighted by Crippen LogP contribution is 2.24. The first kappa shape index (κ1) is 20.5. The molecular weight excluding hydrogens is 353 g/mol. The molecule has 1 unspecified atom stereocenters. The Balaban J connectivity index is 2.17. The van der Waals surface area contributed by atoms with Crippen LogP contribution in [0.5, 0.6) is 5.88 Å². The fourth-order valence-electron chi connectivity index (χ4n) is 2.65. The van der Waals surface area contributed by atoms with E-state index in [0.29, 0.717) is 17.2 Å². The highest BCUT2D eigenvalue weighted by Gasteiger charge is 2.22. The summed E-state index contributed by atoms with van der Waals surface area (Å²) in [6, 6.07) is 2.77. The van der Waals surface area contributed by atoms with E-state index in [9.17, 15) is 9.18 Å². The van der Waals surface area contributed by atoms with Crippen molar-refractivity contribution < 1.29 is 19.0 Å². The van der Waals surface area contributed by atoms with Crippen molar-refractivity contribution in [2.45, 2.75) is 32.7 Å². The number of ether oxygens (including phenoxy) is 1. The Hall–Kier alpha value is -2.81. The molecule has 8 nitrogen and oxygen atoms in total. The number of amides is 1. The molecule has 0 aliphatic rings. The van der Waals surface area contributed by atoms with E-state index in [1.165, 1.54) is 31.6 Å². The number of rotatable bonds is 7. The van der Waals surface area contributed by atoms with E-state index in [4.69, 9.17) is 15.6 Å². The third-order valence-electron chi connectivity index (χ3n) is 3.75. The van der Waals surface area contributed by atoms with Crippen LogP contribution in [0.2, 0.25) is 0 Å². The molecule has 2 rings (SSSR count). The third kappa shape index (κ3) is 5.58. The quantitative estimate of drug-likeness (QED) is 0.762. The van der Waals surface area contributed by atoms with E-state index in [0.717, 1.165) is 11.3 Å². The monoisotopic (exact) mass is 377 g/mol. The molecule has 0 spiro atoms. The van der Waals surface area contributed by atoms with Gasteiger partial charge in [-0.1, -0.05) is 13.8 Å². The SMILES string of the molecule is CC(C)CC(C)(N)COc1ncc(-c2ccnc(N(C)C(=O)O)n2)cc1F. The first-order valence-electron chi connectivity index (χ1n) is 8.46. The molecule has 2 aromatic heterocycles. The predicted octanol–water partition coefficient (Wildman–Crippen LogP) is 2.93. The molecule has 0 radical (unpaired) electrons. The fourth-order valence-corrected chi connectivity index (χ4v) is 2.65. The number of aromatic nitrogens is 3. The van der Waals surface area contributed by atoms with Crippen LogP contribution in [0.15, 0.2) is 24.5 Å². The molecule has 3 N–H and O–H groups in total. The van der Waals surface area contributed by atoms with Crippen LogP contribution in [0.4, 0.5) is 15.1 Å². The van der Waals surface area contributed by atoms with Crippen LogP contribution in [0.25, 0.3) is 11.3 Å². The molecule has 0 aliphatic carbocycles. The Morgan fingerprint density at radius 3 is 2.74 bits per heavy atom. The van der Waals surface area contributed by atoms with Crippen molar-refractivity contribution in [2.24, 2.45) is 11.7 Å². The van der Waals surface area contributed by atoms with Crippen molar-refractivity contribution in [3.8, 4) is 17.1 Å². The number of carbonyl (C=O) groups is 1. The molecule has 146 valence electrons. The van der Waals surface area contributed by atoms with Gasteiger partial charge in [-0.15, -0.1) is 0 Å². The lowest BCUT2D eigenvalue weighted by Gasteiger charge is -2.26. The second kappa shape index (κ2) is 8.26. The van der Waals surface area contributed by atoms with E-state index in [1.807, 2.05) is 6.92 Å². The van der Waals surface area contributed by atoms with Crippen molar-refractivity contribution in [3.63, 3.8) is 0 Å². The summed E-state index contributed by atoms with van der Waals surface area (Å²) in [6.45, 7) is 6.09. The smallest absolute Gasteiger partial charge is 0.413 e. The van der Waals surface area contributed by atoms with E-state index in [-0.39, 0.29) is 18.4 Å². The molecule has 9 heteroatoms. The first-order chi connectivity index (χ1) is 12.6. The normalized spacial score (nSPS) is 13.3. The number of pyridine rings is 1. The van der Waals surface area contributed by atoms with Crippen molar-refractivity contribution in [3.05, 3.63) is 30.3 Å². The topological polar surface area (TPSA) is 114 Å². The zero-order valence-corrected chi connectivity index (χ0v) is 15.8. The van der Waals surface area contributed by atoms with Gasteiger partial charge in [0.05, 0.1) is 5.69 Å². The molecule has 0 saturated carbocycles. The highest BCUT2D eigenvalue weighted by atomic mass is 19.1. The molecule has 0 bridgehead atoms. The number of halogens is 1. The van der Waals surface area contributed by atoms with Gasteiger partial charge in [0, 0.05) is 30.5 Å². The second-order valence-corrected chi connectivity index (χ2v) is 7.14. The molecule has 1 atom stereocenters. The number of nitrogens with two attached hydrogens (primary N) is 1. The summed E-state index contributed by atoms with van der Waals surface area (Å²) in [5.41, 5.74) is 6.28. The van der Waals surface area contributed by atoms with Crippen LogP contribution in [-0.2, 0) is 0 Å². The molecule has 27 heavy (non-hydrogen) atoms. The summed E-state index contributed by atoms with van der Waals surface area (Å²) in [5.74, 6) is -0.427. The van der Waals surface area contributed by atoms with Crippen LogP contribution in [0.3, 0.4) is 0 Å². The molecule has 1 amide bonds. The Morgan fingerprint density at radius 1 is 1.44 bits per heavy atom. The maximum atomic E-state index is 14.4. The lowest BCUT2D eigenvalue weighted by Crippen LogP contribution is -2.43. The molecule has 0 aliphatic heterocycles. The van der Waals surface area contributed by atoms with E-state index in [2.05, 4.69) is 28.8 Å². The van der Waals surface area contributed by atoms with E-state index >= 15 is 0 Å². The van der Waals surface area contributed by atoms with E-state index < -0.39 is 17.4 Å². The number of anilines is 1. The average molecular weight is 377 g/mol. The minimum atomic E-state index is -1.20. The minimum absolute atomic E-state index is 0.0201. The van der Waals surface area contributed by atoms with Crippen LogP contribution >= 0.6 is 0 Å². The number of hydrogen-bond acceptors (Lipinski definition) is 6. The van der Waals surface area contributed by atoms with Crippen molar-refractivity contribution in [2.75, 3.05) is 18.6 Å². The van der Waals surface area contributed by atoms with Crippen molar-refractivity contribution in [1.82, 2.24) is 15.0 Å². The van der Waals surface area contributed by atoms with Crippen LogP contribution in [-0.4, -0.2) is 45.3 Å². The summed E-state index contributed by atoms with van der Waals surface area (Å²) >= 11 is 0. The van der Waals surface area contributed by atoms with Gasteiger partial charge in [-0.2, -0.15) is 0 Å². The Kier molecular flexibility index (Phi) is 6.27. The summed E-state index contributed by atoms with van der Waals surface area (Å²) in [4.78, 5) is 23.9. The number of carboxylic acid groups (broad SMARTS) is 1. The Bertz CT molecular complexity index is 813. The minimum Gasteiger partial charge on any atom is -0.474 e. The van der Waals surface area contributed by atoms with Crippen LogP contribution in [0.1, 0.15) is 27.2 Å². The van der Waals surface area contributed by atoms with Crippen molar-refractivity contribution >= 4 is 12.0 Å². The summed E-state index contributed by atoms with van der Waals surface area (Å²) in [7, 11) is 1.32. The Morgan fingerprint density at radius 2 is 2.15 bits per heavy atom. The molecular formula is C18H24FN5O3. The number of hydrogen-bond donors (Lipinski definition) is 2. The maximum Gasteiger partial charge on any atom is 0.413 e. The first-order valence-corrected chi connectivity index (χ1v) is 8.46. The molecule has 0 saturated heterocycles. The Labute approximate surface area is 157 Å². The van der Waals surface area contributed by atoms with Gasteiger partial charge in [0.1, 0.15) is 6.61 Å². The van der Waals surface area contributed by atoms with E-state index in [1.54, 1.807) is 0 Å².